The van der Waals surface area contributed by atoms with E-state index in [4.69, 9.17) is 25.8 Å². The van der Waals surface area contributed by atoms with E-state index < -0.39 is 6.10 Å². The lowest BCUT2D eigenvalue weighted by molar-refractivity contribution is 0.0636. The normalized spacial score (nSPS) is 15.9. The molecule has 0 aliphatic carbocycles. The van der Waals surface area contributed by atoms with Crippen LogP contribution in [0.25, 0.3) is 5.69 Å². The van der Waals surface area contributed by atoms with Gasteiger partial charge in [0.2, 0.25) is 0 Å². The number of hydrogen-bond acceptors (Lipinski definition) is 5. The monoisotopic (exact) mass is 427 g/mol. The minimum atomic E-state index is -0.395. The maximum Gasteiger partial charge on any atom is 0.166 e. The standard InChI is InChI=1S/C23H26ClN3O3/c1-23(2,3)12-19-25-26-20-13-30-21(15-7-6-8-18(28-4)22(15)29-5)16-11-14(24)9-10-17(16)27(19)20/h6-11,21H,12-13H2,1-5H3. The zero-order valence-electron chi connectivity index (χ0n) is 17.9. The summed E-state index contributed by atoms with van der Waals surface area (Å²) in [5.74, 6) is 2.97. The van der Waals surface area contributed by atoms with Gasteiger partial charge in [0, 0.05) is 22.6 Å². The Labute approximate surface area is 181 Å². The van der Waals surface area contributed by atoms with Crippen molar-refractivity contribution < 1.29 is 14.2 Å². The Balaban J connectivity index is 1.91. The minimum Gasteiger partial charge on any atom is -0.493 e. The van der Waals surface area contributed by atoms with Gasteiger partial charge < -0.3 is 14.2 Å². The third-order valence-corrected chi connectivity index (χ3v) is 5.33. The number of hydrogen-bond donors (Lipinski definition) is 0. The molecule has 1 aromatic heterocycles. The Bertz CT molecular complexity index is 1070. The van der Waals surface area contributed by atoms with Crippen LogP contribution in [0.5, 0.6) is 11.5 Å². The van der Waals surface area contributed by atoms with Gasteiger partial charge in [-0.1, -0.05) is 44.5 Å². The fourth-order valence-electron chi connectivity index (χ4n) is 3.88. The molecule has 4 rings (SSSR count). The molecule has 0 radical (unpaired) electrons. The van der Waals surface area contributed by atoms with Crippen molar-refractivity contribution in [3.8, 4) is 17.2 Å². The van der Waals surface area contributed by atoms with Crippen LogP contribution in [0.1, 0.15) is 49.7 Å². The zero-order chi connectivity index (χ0) is 21.5. The quantitative estimate of drug-likeness (QED) is 0.576. The van der Waals surface area contributed by atoms with E-state index in [0.717, 1.165) is 34.9 Å². The van der Waals surface area contributed by atoms with Crippen molar-refractivity contribution in [3.63, 3.8) is 0 Å². The molecular weight excluding hydrogens is 402 g/mol. The van der Waals surface area contributed by atoms with Crippen molar-refractivity contribution in [2.45, 2.75) is 39.9 Å². The molecule has 1 aliphatic rings. The predicted molar refractivity (Wildman–Crippen MR) is 116 cm³/mol. The lowest BCUT2D eigenvalue weighted by atomic mass is 9.91. The minimum absolute atomic E-state index is 0.0684. The average Bonchev–Trinajstić information content (AvgIpc) is 3.00. The second-order valence-corrected chi connectivity index (χ2v) is 9.02. The number of nitrogens with zero attached hydrogens (tertiary/aromatic N) is 3. The van der Waals surface area contributed by atoms with Gasteiger partial charge >= 0.3 is 0 Å². The highest BCUT2D eigenvalue weighted by Gasteiger charge is 2.31. The molecule has 3 aromatic rings. The van der Waals surface area contributed by atoms with Crippen LogP contribution in [0.2, 0.25) is 5.02 Å². The smallest absolute Gasteiger partial charge is 0.166 e. The fourth-order valence-corrected chi connectivity index (χ4v) is 4.06. The van der Waals surface area contributed by atoms with Crippen molar-refractivity contribution in [1.29, 1.82) is 0 Å². The van der Waals surface area contributed by atoms with Gasteiger partial charge in [-0.15, -0.1) is 10.2 Å². The summed E-state index contributed by atoms with van der Waals surface area (Å²) in [4.78, 5) is 0. The molecule has 0 spiro atoms. The number of fused-ring (bicyclic) bond motifs is 3. The molecular formula is C23H26ClN3O3. The first kappa shape index (κ1) is 20.7. The largest absolute Gasteiger partial charge is 0.493 e. The highest BCUT2D eigenvalue weighted by atomic mass is 35.5. The van der Waals surface area contributed by atoms with E-state index in [1.165, 1.54) is 0 Å². The van der Waals surface area contributed by atoms with Gasteiger partial charge in [0.15, 0.2) is 17.3 Å². The van der Waals surface area contributed by atoms with Crippen LogP contribution >= 0.6 is 11.6 Å². The van der Waals surface area contributed by atoms with Gasteiger partial charge in [0.1, 0.15) is 18.5 Å². The summed E-state index contributed by atoms with van der Waals surface area (Å²) in [6.45, 7) is 6.88. The Hall–Kier alpha value is -2.57. The fraction of sp³-hybridized carbons (Fsp3) is 0.391. The number of ether oxygens (including phenoxy) is 3. The van der Waals surface area contributed by atoms with Gasteiger partial charge in [-0.3, -0.25) is 4.57 Å². The highest BCUT2D eigenvalue weighted by Crippen LogP contribution is 2.43. The predicted octanol–water partition coefficient (Wildman–Crippen LogP) is 5.15. The number of methoxy groups -OCH3 is 2. The van der Waals surface area contributed by atoms with Crippen LogP contribution in [0.15, 0.2) is 36.4 Å². The molecule has 0 amide bonds. The average molecular weight is 428 g/mol. The van der Waals surface area contributed by atoms with E-state index in [1.54, 1.807) is 14.2 Å². The number of para-hydroxylation sites is 1. The molecule has 2 heterocycles. The van der Waals surface area contributed by atoms with Gasteiger partial charge in [-0.2, -0.15) is 0 Å². The van der Waals surface area contributed by atoms with Crippen molar-refractivity contribution in [3.05, 3.63) is 64.2 Å². The van der Waals surface area contributed by atoms with Crippen LogP contribution in [0, 0.1) is 5.41 Å². The van der Waals surface area contributed by atoms with E-state index in [0.29, 0.717) is 23.1 Å². The van der Waals surface area contributed by atoms with Crippen LogP contribution in [0.4, 0.5) is 0 Å². The Kier molecular flexibility index (Phi) is 5.47. The molecule has 0 N–H and O–H groups in total. The van der Waals surface area contributed by atoms with E-state index in [-0.39, 0.29) is 5.41 Å². The van der Waals surface area contributed by atoms with Crippen molar-refractivity contribution >= 4 is 11.6 Å². The third kappa shape index (κ3) is 3.77. The first-order valence-corrected chi connectivity index (χ1v) is 10.3. The van der Waals surface area contributed by atoms with Gasteiger partial charge in [0.05, 0.1) is 19.9 Å². The van der Waals surface area contributed by atoms with Crippen LogP contribution in [-0.4, -0.2) is 29.0 Å². The highest BCUT2D eigenvalue weighted by molar-refractivity contribution is 6.30. The summed E-state index contributed by atoms with van der Waals surface area (Å²) in [7, 11) is 3.26. The summed E-state index contributed by atoms with van der Waals surface area (Å²) < 4.78 is 19.6. The lowest BCUT2D eigenvalue weighted by Crippen LogP contribution is -2.15. The summed E-state index contributed by atoms with van der Waals surface area (Å²) in [6.07, 6.45) is 0.391. The van der Waals surface area contributed by atoms with Gasteiger partial charge in [0.25, 0.3) is 0 Å². The number of rotatable bonds is 4. The Morgan fingerprint density at radius 1 is 1.10 bits per heavy atom. The van der Waals surface area contributed by atoms with Crippen LogP contribution < -0.4 is 9.47 Å². The van der Waals surface area contributed by atoms with Crippen molar-refractivity contribution in [2.24, 2.45) is 5.41 Å². The maximum absolute atomic E-state index is 6.41. The second-order valence-electron chi connectivity index (χ2n) is 8.58. The van der Waals surface area contributed by atoms with E-state index >= 15 is 0 Å². The SMILES string of the molecule is COc1cccc(C2OCc3nnc(CC(C)(C)C)n3-c3ccc(Cl)cc32)c1OC. The molecule has 0 saturated carbocycles. The zero-order valence-corrected chi connectivity index (χ0v) is 18.7. The lowest BCUT2D eigenvalue weighted by Gasteiger charge is -2.23. The topological polar surface area (TPSA) is 58.4 Å². The Morgan fingerprint density at radius 2 is 1.90 bits per heavy atom. The molecule has 7 heteroatoms. The van der Waals surface area contributed by atoms with E-state index in [2.05, 4.69) is 35.5 Å². The van der Waals surface area contributed by atoms with E-state index in [1.807, 2.05) is 36.4 Å². The molecule has 1 atom stereocenters. The van der Waals surface area contributed by atoms with E-state index in [9.17, 15) is 0 Å². The number of aromatic nitrogens is 3. The summed E-state index contributed by atoms with van der Waals surface area (Å²) >= 11 is 6.41. The molecule has 0 fully saturated rings. The molecule has 158 valence electrons. The summed E-state index contributed by atoms with van der Waals surface area (Å²) in [5, 5.41) is 9.52. The molecule has 2 aromatic carbocycles. The van der Waals surface area contributed by atoms with Crippen LogP contribution in [0.3, 0.4) is 0 Å². The number of halogens is 1. The van der Waals surface area contributed by atoms with Gasteiger partial charge in [-0.05, 0) is 29.7 Å². The van der Waals surface area contributed by atoms with Crippen LogP contribution in [-0.2, 0) is 17.8 Å². The summed E-state index contributed by atoms with van der Waals surface area (Å²) in [6, 6.07) is 11.6. The van der Waals surface area contributed by atoms with Gasteiger partial charge in [-0.25, -0.2) is 0 Å². The molecule has 1 aliphatic heterocycles. The maximum atomic E-state index is 6.41. The molecule has 6 nitrogen and oxygen atoms in total. The third-order valence-electron chi connectivity index (χ3n) is 5.09. The first-order valence-electron chi connectivity index (χ1n) is 9.88. The molecule has 30 heavy (non-hydrogen) atoms. The first-order chi connectivity index (χ1) is 14.3. The molecule has 0 bridgehead atoms. The Morgan fingerprint density at radius 3 is 2.60 bits per heavy atom. The molecule has 1 unspecified atom stereocenters. The second kappa shape index (κ2) is 7.93. The molecule has 0 saturated heterocycles. The number of benzene rings is 2. The summed E-state index contributed by atoms with van der Waals surface area (Å²) in [5.41, 5.74) is 2.84. The van der Waals surface area contributed by atoms with Crippen molar-refractivity contribution in [2.75, 3.05) is 14.2 Å². The van der Waals surface area contributed by atoms with Crippen molar-refractivity contribution in [1.82, 2.24) is 14.8 Å².